The fourth-order valence-corrected chi connectivity index (χ4v) is 1.74. The van der Waals surface area contributed by atoms with Crippen LogP contribution in [0, 0.1) is 0 Å². The van der Waals surface area contributed by atoms with Crippen molar-refractivity contribution in [2.45, 2.75) is 19.8 Å². The van der Waals surface area contributed by atoms with E-state index in [1.165, 1.54) is 6.26 Å². The highest BCUT2D eigenvalue weighted by Crippen LogP contribution is 2.18. The third-order valence-corrected chi connectivity index (χ3v) is 2.85. The predicted molar refractivity (Wildman–Crippen MR) is 65.4 cm³/mol. The van der Waals surface area contributed by atoms with Crippen LogP contribution >= 0.6 is 11.6 Å². The summed E-state index contributed by atoms with van der Waals surface area (Å²) in [6.07, 6.45) is 4.38. The number of rotatable bonds is 4. The third kappa shape index (κ3) is 2.74. The molecule has 0 spiro atoms. The third-order valence-electron chi connectivity index (χ3n) is 2.55. The van der Waals surface area contributed by atoms with Crippen molar-refractivity contribution in [3.8, 4) is 0 Å². The predicted octanol–water partition coefficient (Wildman–Crippen LogP) is 3.32. The first-order valence-corrected chi connectivity index (χ1v) is 5.78. The minimum atomic E-state index is -0.0829. The van der Waals surface area contributed by atoms with Gasteiger partial charge in [-0.1, -0.05) is 13.0 Å². The number of ketones is 1. The first kappa shape index (κ1) is 11.9. The van der Waals surface area contributed by atoms with Gasteiger partial charge in [0.25, 0.3) is 0 Å². The first-order chi connectivity index (χ1) is 8.20. The lowest BCUT2D eigenvalue weighted by atomic mass is 10.1. The summed E-state index contributed by atoms with van der Waals surface area (Å²) >= 11 is 5.74. The summed E-state index contributed by atoms with van der Waals surface area (Å²) in [6, 6.07) is 5.42. The number of pyridine rings is 1. The fraction of sp³-hybridized carbons (Fsp3) is 0.231. The molecule has 2 rings (SSSR count). The summed E-state index contributed by atoms with van der Waals surface area (Å²) in [7, 11) is 0. The number of furan rings is 1. The zero-order valence-electron chi connectivity index (χ0n) is 9.44. The Morgan fingerprint density at radius 1 is 1.41 bits per heavy atom. The van der Waals surface area contributed by atoms with Crippen LogP contribution < -0.4 is 0 Å². The van der Waals surface area contributed by atoms with Gasteiger partial charge in [-0.05, 0) is 35.7 Å². The molecular formula is C13H12ClNO2. The van der Waals surface area contributed by atoms with Gasteiger partial charge in [-0.2, -0.15) is 0 Å². The molecule has 0 aliphatic carbocycles. The summed E-state index contributed by atoms with van der Waals surface area (Å²) in [6.45, 7) is 2.06. The number of Topliss-reactive ketones (excluding diaryl/α,β-unsaturated/α-hetero) is 1. The van der Waals surface area contributed by atoms with Crippen molar-refractivity contribution in [1.82, 2.24) is 4.98 Å². The number of nitrogens with zero attached hydrogens (tertiary/aromatic N) is 1. The van der Waals surface area contributed by atoms with Gasteiger partial charge in [0.1, 0.15) is 0 Å². The summed E-state index contributed by atoms with van der Waals surface area (Å²) in [5.74, 6) is -0.0829. The minimum absolute atomic E-state index is 0.0829. The maximum absolute atomic E-state index is 11.9. The van der Waals surface area contributed by atoms with Gasteiger partial charge < -0.3 is 4.42 Å². The normalized spacial score (nSPS) is 10.5. The second kappa shape index (κ2) is 5.15. The number of halogens is 1. The second-order valence-corrected chi connectivity index (χ2v) is 4.06. The lowest BCUT2D eigenvalue weighted by Crippen LogP contribution is -2.04. The van der Waals surface area contributed by atoms with E-state index in [9.17, 15) is 4.79 Å². The zero-order chi connectivity index (χ0) is 12.3. The topological polar surface area (TPSA) is 43.1 Å². The molecule has 0 saturated heterocycles. The monoisotopic (exact) mass is 249 g/mol. The van der Waals surface area contributed by atoms with Crippen molar-refractivity contribution < 1.29 is 9.21 Å². The van der Waals surface area contributed by atoms with Crippen LogP contribution in [0.3, 0.4) is 0 Å². The van der Waals surface area contributed by atoms with Crippen LogP contribution in [0.2, 0.25) is 5.22 Å². The highest BCUT2D eigenvalue weighted by molar-refractivity contribution is 6.32. The van der Waals surface area contributed by atoms with Crippen molar-refractivity contribution in [3.05, 3.63) is 52.7 Å². The van der Waals surface area contributed by atoms with E-state index >= 15 is 0 Å². The zero-order valence-corrected chi connectivity index (χ0v) is 10.2. The van der Waals surface area contributed by atoms with Crippen LogP contribution in [0.15, 0.2) is 35.1 Å². The number of aromatic nitrogens is 1. The Bertz CT molecular complexity index is 516. The second-order valence-electron chi connectivity index (χ2n) is 3.72. The molecule has 0 saturated carbocycles. The summed E-state index contributed by atoms with van der Waals surface area (Å²) in [5.41, 5.74) is 2.31. The average molecular weight is 250 g/mol. The molecule has 88 valence electrons. The van der Waals surface area contributed by atoms with E-state index in [0.29, 0.717) is 5.56 Å². The Labute approximate surface area is 104 Å². The fourth-order valence-electron chi connectivity index (χ4n) is 1.52. The molecule has 0 bridgehead atoms. The van der Waals surface area contributed by atoms with Gasteiger partial charge in [0.2, 0.25) is 5.22 Å². The molecule has 0 atom stereocenters. The number of carbonyl (C=O) groups excluding carboxylic acids is 1. The van der Waals surface area contributed by atoms with Gasteiger partial charge in [0, 0.05) is 11.9 Å². The van der Waals surface area contributed by atoms with Crippen LogP contribution in [-0.2, 0) is 12.8 Å². The highest BCUT2D eigenvalue weighted by atomic mass is 35.5. The van der Waals surface area contributed by atoms with Crippen molar-refractivity contribution in [2.24, 2.45) is 0 Å². The molecule has 0 fully saturated rings. The van der Waals surface area contributed by atoms with Crippen molar-refractivity contribution in [2.75, 3.05) is 0 Å². The quantitative estimate of drug-likeness (QED) is 0.781. The Morgan fingerprint density at radius 2 is 2.24 bits per heavy atom. The van der Waals surface area contributed by atoms with Crippen LogP contribution in [0.5, 0.6) is 0 Å². The summed E-state index contributed by atoms with van der Waals surface area (Å²) in [4.78, 5) is 16.1. The molecule has 0 aliphatic heterocycles. The number of hydrogen-bond donors (Lipinski definition) is 0. The lowest BCUT2D eigenvalue weighted by Gasteiger charge is -2.00. The van der Waals surface area contributed by atoms with E-state index in [-0.39, 0.29) is 17.4 Å². The molecule has 2 heterocycles. The van der Waals surface area contributed by atoms with Crippen molar-refractivity contribution >= 4 is 17.4 Å². The molecule has 4 heteroatoms. The summed E-state index contributed by atoms with van der Waals surface area (Å²) in [5, 5.41) is 0.139. The molecular weight excluding hydrogens is 238 g/mol. The lowest BCUT2D eigenvalue weighted by molar-refractivity contribution is 0.0991. The summed E-state index contributed by atoms with van der Waals surface area (Å²) < 4.78 is 4.88. The van der Waals surface area contributed by atoms with E-state index in [1.54, 1.807) is 12.3 Å². The molecule has 0 amide bonds. The Balaban J connectivity index is 2.10. The van der Waals surface area contributed by atoms with Gasteiger partial charge in [-0.15, -0.1) is 0 Å². The molecule has 2 aromatic heterocycles. The number of carbonyl (C=O) groups is 1. The Hall–Kier alpha value is -1.61. The maximum atomic E-state index is 11.9. The van der Waals surface area contributed by atoms with E-state index in [0.717, 1.165) is 17.7 Å². The van der Waals surface area contributed by atoms with Crippen LogP contribution in [0.1, 0.15) is 28.5 Å². The van der Waals surface area contributed by atoms with E-state index in [2.05, 4.69) is 11.9 Å². The average Bonchev–Trinajstić information content (AvgIpc) is 2.76. The molecule has 17 heavy (non-hydrogen) atoms. The van der Waals surface area contributed by atoms with Gasteiger partial charge in [-0.25, -0.2) is 0 Å². The molecule has 0 aromatic carbocycles. The highest BCUT2D eigenvalue weighted by Gasteiger charge is 2.13. The minimum Gasteiger partial charge on any atom is -0.452 e. The van der Waals surface area contributed by atoms with E-state index in [1.807, 2.05) is 12.1 Å². The Morgan fingerprint density at radius 3 is 2.76 bits per heavy atom. The molecule has 0 radical (unpaired) electrons. The van der Waals surface area contributed by atoms with Crippen molar-refractivity contribution in [3.63, 3.8) is 0 Å². The van der Waals surface area contributed by atoms with Crippen molar-refractivity contribution in [1.29, 1.82) is 0 Å². The number of aryl methyl sites for hydroxylation is 1. The van der Waals surface area contributed by atoms with E-state index in [4.69, 9.17) is 16.0 Å². The molecule has 0 aliphatic rings. The van der Waals surface area contributed by atoms with Gasteiger partial charge in [0.15, 0.2) is 5.78 Å². The van der Waals surface area contributed by atoms with Gasteiger partial charge >= 0.3 is 0 Å². The first-order valence-electron chi connectivity index (χ1n) is 5.40. The maximum Gasteiger partial charge on any atom is 0.203 e. The van der Waals surface area contributed by atoms with Gasteiger partial charge in [0.05, 0.1) is 18.2 Å². The molecule has 0 unspecified atom stereocenters. The van der Waals surface area contributed by atoms with Crippen LogP contribution in [0.25, 0.3) is 0 Å². The standard InChI is InChI=1S/C13H12ClNO2/c1-2-9-3-4-10(15-8-9)7-12(16)11-5-6-17-13(11)14/h3-6,8H,2,7H2,1H3. The largest absolute Gasteiger partial charge is 0.452 e. The molecule has 2 aromatic rings. The van der Waals surface area contributed by atoms with E-state index < -0.39 is 0 Å². The van der Waals surface area contributed by atoms with Gasteiger partial charge in [-0.3, -0.25) is 9.78 Å². The molecule has 0 N–H and O–H groups in total. The SMILES string of the molecule is CCc1ccc(CC(=O)c2ccoc2Cl)nc1. The molecule has 3 nitrogen and oxygen atoms in total. The van der Waals surface area contributed by atoms with Crippen LogP contribution in [-0.4, -0.2) is 10.8 Å². The van der Waals surface area contributed by atoms with Crippen LogP contribution in [0.4, 0.5) is 0 Å². The smallest absolute Gasteiger partial charge is 0.203 e. The number of hydrogen-bond acceptors (Lipinski definition) is 3. The Kier molecular flexibility index (Phi) is 3.59.